The highest BCUT2D eigenvalue weighted by molar-refractivity contribution is 6.34. The molecular weight excluding hydrogens is 318 g/mol. The molecule has 1 amide bonds. The second-order valence-electron chi connectivity index (χ2n) is 5.44. The van der Waals surface area contributed by atoms with E-state index in [4.69, 9.17) is 16.7 Å². The van der Waals surface area contributed by atoms with Gasteiger partial charge in [0.2, 0.25) is 0 Å². The van der Waals surface area contributed by atoms with Crippen molar-refractivity contribution in [2.75, 3.05) is 5.32 Å². The lowest BCUT2D eigenvalue weighted by Gasteiger charge is -2.08. The quantitative estimate of drug-likeness (QED) is 0.876. The van der Waals surface area contributed by atoms with Crippen LogP contribution in [0.3, 0.4) is 0 Å². The van der Waals surface area contributed by atoms with Crippen molar-refractivity contribution in [2.24, 2.45) is 5.92 Å². The minimum atomic E-state index is -1.10. The summed E-state index contributed by atoms with van der Waals surface area (Å²) in [7, 11) is 0. The van der Waals surface area contributed by atoms with Gasteiger partial charge in [-0.3, -0.25) is 4.79 Å². The number of amides is 1. The van der Waals surface area contributed by atoms with Gasteiger partial charge in [0.15, 0.2) is 0 Å². The van der Waals surface area contributed by atoms with E-state index in [1.807, 2.05) is 0 Å². The molecule has 0 bridgehead atoms. The number of benzene rings is 1. The van der Waals surface area contributed by atoms with E-state index in [-0.39, 0.29) is 16.1 Å². The molecule has 6 nitrogen and oxygen atoms in total. The van der Waals surface area contributed by atoms with Crippen LogP contribution in [0.1, 0.15) is 40.4 Å². The number of halogens is 1. The molecule has 0 aliphatic rings. The number of hydrogen-bond donors (Lipinski definition) is 2. The average molecular weight is 334 g/mol. The summed E-state index contributed by atoms with van der Waals surface area (Å²) in [5.41, 5.74) is 0.650. The Balaban J connectivity index is 2.11. The summed E-state index contributed by atoms with van der Waals surface area (Å²) in [5, 5.41) is 11.6. The fraction of sp³-hybridized carbons (Fsp3) is 0.250. The van der Waals surface area contributed by atoms with E-state index in [2.05, 4.69) is 29.1 Å². The topological polar surface area (TPSA) is 92.2 Å². The largest absolute Gasteiger partial charge is 0.478 e. The molecule has 0 aliphatic heterocycles. The standard InChI is InChI=1S/C16H16ClN3O3/c1-9(2)5-14-18-7-11(8-19-14)20-15(21)12-4-3-10(16(22)23)6-13(12)17/h3-4,6-9H,5H2,1-2H3,(H,20,21)(H,22,23). The van der Waals surface area contributed by atoms with Gasteiger partial charge in [0.1, 0.15) is 5.82 Å². The molecule has 0 saturated carbocycles. The van der Waals surface area contributed by atoms with Gasteiger partial charge in [0.25, 0.3) is 5.91 Å². The van der Waals surface area contributed by atoms with Crippen molar-refractivity contribution in [2.45, 2.75) is 20.3 Å². The Bertz CT molecular complexity index is 730. The first kappa shape index (κ1) is 16.9. The van der Waals surface area contributed by atoms with Crippen molar-refractivity contribution >= 4 is 29.2 Å². The van der Waals surface area contributed by atoms with Gasteiger partial charge in [-0.2, -0.15) is 0 Å². The average Bonchev–Trinajstić information content (AvgIpc) is 2.48. The fourth-order valence-corrected chi connectivity index (χ4v) is 2.19. The number of nitrogens with one attached hydrogen (secondary N) is 1. The Morgan fingerprint density at radius 3 is 2.43 bits per heavy atom. The molecule has 0 fully saturated rings. The number of carboxylic acid groups (broad SMARTS) is 1. The molecule has 0 saturated heterocycles. The van der Waals surface area contributed by atoms with Gasteiger partial charge in [0.05, 0.1) is 34.2 Å². The first-order valence-corrected chi connectivity index (χ1v) is 7.39. The molecule has 0 unspecified atom stereocenters. The minimum absolute atomic E-state index is 0.0212. The summed E-state index contributed by atoms with van der Waals surface area (Å²) in [5.74, 6) is -0.399. The zero-order valence-electron chi connectivity index (χ0n) is 12.7. The van der Waals surface area contributed by atoms with Crippen molar-refractivity contribution in [1.82, 2.24) is 9.97 Å². The molecule has 2 N–H and O–H groups in total. The van der Waals surface area contributed by atoms with Gasteiger partial charge in [-0.05, 0) is 24.1 Å². The van der Waals surface area contributed by atoms with Crippen LogP contribution in [0.4, 0.5) is 5.69 Å². The van der Waals surface area contributed by atoms with Crippen LogP contribution in [0.2, 0.25) is 5.02 Å². The summed E-state index contributed by atoms with van der Waals surface area (Å²) in [4.78, 5) is 31.4. The smallest absolute Gasteiger partial charge is 0.335 e. The highest BCUT2D eigenvalue weighted by Gasteiger charge is 2.14. The maximum atomic E-state index is 12.2. The summed E-state index contributed by atoms with van der Waals surface area (Å²) in [6.45, 7) is 4.14. The van der Waals surface area contributed by atoms with Crippen molar-refractivity contribution in [3.63, 3.8) is 0 Å². The summed E-state index contributed by atoms with van der Waals surface area (Å²) >= 11 is 5.96. The van der Waals surface area contributed by atoms with Crippen LogP contribution >= 0.6 is 11.6 Å². The molecule has 0 radical (unpaired) electrons. The van der Waals surface area contributed by atoms with Crippen LogP contribution in [-0.4, -0.2) is 27.0 Å². The molecule has 0 spiro atoms. The van der Waals surface area contributed by atoms with Crippen molar-refractivity contribution in [3.05, 3.63) is 52.6 Å². The molecular formula is C16H16ClN3O3. The van der Waals surface area contributed by atoms with Crippen LogP contribution in [0.5, 0.6) is 0 Å². The maximum Gasteiger partial charge on any atom is 0.335 e. The minimum Gasteiger partial charge on any atom is -0.478 e. The van der Waals surface area contributed by atoms with Crippen molar-refractivity contribution in [1.29, 1.82) is 0 Å². The zero-order valence-corrected chi connectivity index (χ0v) is 13.5. The van der Waals surface area contributed by atoms with Gasteiger partial charge in [-0.25, -0.2) is 14.8 Å². The van der Waals surface area contributed by atoms with E-state index in [1.54, 1.807) is 0 Å². The lowest BCUT2D eigenvalue weighted by molar-refractivity contribution is 0.0696. The lowest BCUT2D eigenvalue weighted by atomic mass is 10.1. The molecule has 1 aromatic heterocycles. The van der Waals surface area contributed by atoms with Crippen LogP contribution in [-0.2, 0) is 6.42 Å². The highest BCUT2D eigenvalue weighted by atomic mass is 35.5. The first-order chi connectivity index (χ1) is 10.9. The molecule has 1 heterocycles. The summed E-state index contributed by atoms with van der Waals surface area (Å²) in [6, 6.07) is 3.93. The molecule has 120 valence electrons. The third-order valence-electron chi connectivity index (χ3n) is 3.01. The normalized spacial score (nSPS) is 10.6. The molecule has 2 aromatic rings. The van der Waals surface area contributed by atoms with E-state index in [0.717, 1.165) is 6.42 Å². The van der Waals surface area contributed by atoms with Crippen LogP contribution in [0.25, 0.3) is 0 Å². The lowest BCUT2D eigenvalue weighted by Crippen LogP contribution is -2.14. The molecule has 7 heteroatoms. The number of nitrogens with zero attached hydrogens (tertiary/aromatic N) is 2. The van der Waals surface area contributed by atoms with Gasteiger partial charge < -0.3 is 10.4 Å². The monoisotopic (exact) mass is 333 g/mol. The molecule has 2 rings (SSSR count). The Labute approximate surface area is 138 Å². The number of carbonyl (C=O) groups is 2. The van der Waals surface area contributed by atoms with Crippen molar-refractivity contribution in [3.8, 4) is 0 Å². The molecule has 1 aromatic carbocycles. The number of aromatic nitrogens is 2. The molecule has 0 aliphatic carbocycles. The van der Waals surface area contributed by atoms with Gasteiger partial charge in [-0.1, -0.05) is 25.4 Å². The van der Waals surface area contributed by atoms with Gasteiger partial charge in [0, 0.05) is 6.42 Å². The number of carbonyl (C=O) groups excluding carboxylic acids is 1. The Hall–Kier alpha value is -2.47. The highest BCUT2D eigenvalue weighted by Crippen LogP contribution is 2.19. The van der Waals surface area contributed by atoms with Gasteiger partial charge in [-0.15, -0.1) is 0 Å². The molecule has 23 heavy (non-hydrogen) atoms. The Morgan fingerprint density at radius 1 is 1.26 bits per heavy atom. The number of rotatable bonds is 5. The third kappa shape index (κ3) is 4.50. The SMILES string of the molecule is CC(C)Cc1ncc(NC(=O)c2ccc(C(=O)O)cc2Cl)cn1. The first-order valence-electron chi connectivity index (χ1n) is 7.02. The number of aromatic carboxylic acids is 1. The second kappa shape index (κ2) is 7.19. The van der Waals surface area contributed by atoms with E-state index >= 15 is 0 Å². The Kier molecular flexibility index (Phi) is 5.28. The van der Waals surface area contributed by atoms with Crippen LogP contribution in [0, 0.1) is 5.92 Å². The second-order valence-corrected chi connectivity index (χ2v) is 5.85. The van der Waals surface area contributed by atoms with Crippen LogP contribution in [0.15, 0.2) is 30.6 Å². The van der Waals surface area contributed by atoms with Crippen LogP contribution < -0.4 is 5.32 Å². The predicted octanol–water partition coefficient (Wildman–Crippen LogP) is 3.28. The van der Waals surface area contributed by atoms with E-state index in [1.165, 1.54) is 30.6 Å². The van der Waals surface area contributed by atoms with Crippen molar-refractivity contribution < 1.29 is 14.7 Å². The summed E-state index contributed by atoms with van der Waals surface area (Å²) < 4.78 is 0. The van der Waals surface area contributed by atoms with Gasteiger partial charge >= 0.3 is 5.97 Å². The fourth-order valence-electron chi connectivity index (χ4n) is 1.92. The third-order valence-corrected chi connectivity index (χ3v) is 3.33. The summed E-state index contributed by atoms with van der Waals surface area (Å²) in [6.07, 6.45) is 3.82. The number of anilines is 1. The number of hydrogen-bond acceptors (Lipinski definition) is 4. The molecule has 0 atom stereocenters. The maximum absolute atomic E-state index is 12.2. The Morgan fingerprint density at radius 2 is 1.91 bits per heavy atom. The predicted molar refractivity (Wildman–Crippen MR) is 86.9 cm³/mol. The van der Waals surface area contributed by atoms with E-state index < -0.39 is 11.9 Å². The number of carboxylic acids is 1. The zero-order chi connectivity index (χ0) is 17.0. The van der Waals surface area contributed by atoms with E-state index in [9.17, 15) is 9.59 Å². The van der Waals surface area contributed by atoms with E-state index in [0.29, 0.717) is 17.4 Å².